The van der Waals surface area contributed by atoms with E-state index in [0.29, 0.717) is 0 Å². The SMILES string of the molecule is [CH2]CC(=O)NN(C)C. The molecule has 0 aromatic carbocycles. The van der Waals surface area contributed by atoms with Gasteiger partial charge in [-0.3, -0.25) is 10.2 Å². The molecular weight excluding hydrogens is 104 g/mol. The monoisotopic (exact) mass is 115 g/mol. The van der Waals surface area contributed by atoms with Gasteiger partial charge in [0.05, 0.1) is 0 Å². The van der Waals surface area contributed by atoms with Crippen LogP contribution in [0.2, 0.25) is 0 Å². The minimum Gasteiger partial charge on any atom is -0.289 e. The van der Waals surface area contributed by atoms with E-state index in [4.69, 9.17) is 0 Å². The summed E-state index contributed by atoms with van der Waals surface area (Å²) in [6, 6.07) is 0. The van der Waals surface area contributed by atoms with Gasteiger partial charge < -0.3 is 0 Å². The lowest BCUT2D eigenvalue weighted by Gasteiger charge is -2.09. The van der Waals surface area contributed by atoms with Crippen molar-refractivity contribution in [1.82, 2.24) is 10.4 Å². The molecule has 1 amide bonds. The van der Waals surface area contributed by atoms with Gasteiger partial charge in [-0.1, -0.05) is 0 Å². The highest BCUT2D eigenvalue weighted by Gasteiger charge is 1.93. The van der Waals surface area contributed by atoms with Gasteiger partial charge in [-0.25, -0.2) is 5.01 Å². The third kappa shape index (κ3) is 3.61. The summed E-state index contributed by atoms with van der Waals surface area (Å²) in [6.45, 7) is 3.40. The number of hydrogen-bond acceptors (Lipinski definition) is 2. The zero-order valence-electron chi connectivity index (χ0n) is 5.27. The number of amides is 1. The molecule has 1 radical (unpaired) electrons. The number of hydrazine groups is 1. The van der Waals surface area contributed by atoms with Crippen LogP contribution >= 0.6 is 0 Å². The fourth-order valence-corrected chi connectivity index (χ4v) is 0.305. The van der Waals surface area contributed by atoms with Crippen molar-refractivity contribution in [2.45, 2.75) is 6.42 Å². The predicted octanol–water partition coefficient (Wildman–Crippen LogP) is -0.197. The first-order valence-corrected chi connectivity index (χ1v) is 2.43. The van der Waals surface area contributed by atoms with Crippen molar-refractivity contribution < 1.29 is 4.79 Å². The maximum Gasteiger partial charge on any atom is 0.234 e. The zero-order valence-corrected chi connectivity index (χ0v) is 5.27. The number of nitrogens with zero attached hydrogens (tertiary/aromatic N) is 1. The predicted molar refractivity (Wildman–Crippen MR) is 31.8 cm³/mol. The molecule has 0 aliphatic heterocycles. The Balaban J connectivity index is 3.25. The van der Waals surface area contributed by atoms with Crippen LogP contribution in [-0.4, -0.2) is 25.0 Å². The Kier molecular flexibility index (Phi) is 3.19. The summed E-state index contributed by atoms with van der Waals surface area (Å²) in [4.78, 5) is 10.4. The molecule has 0 aliphatic carbocycles. The smallest absolute Gasteiger partial charge is 0.234 e. The van der Waals surface area contributed by atoms with Crippen LogP contribution in [0, 0.1) is 6.92 Å². The van der Waals surface area contributed by atoms with Crippen LogP contribution in [0.1, 0.15) is 6.42 Å². The van der Waals surface area contributed by atoms with E-state index in [1.165, 1.54) is 0 Å². The highest BCUT2D eigenvalue weighted by atomic mass is 16.2. The molecule has 0 fully saturated rings. The van der Waals surface area contributed by atoms with Crippen molar-refractivity contribution in [3.05, 3.63) is 6.92 Å². The molecule has 0 aromatic rings. The molecule has 0 saturated heterocycles. The summed E-state index contributed by atoms with van der Waals surface area (Å²) in [5.74, 6) is -0.0602. The Morgan fingerprint density at radius 1 is 1.75 bits per heavy atom. The summed E-state index contributed by atoms with van der Waals surface area (Å²) in [5, 5.41) is 1.59. The van der Waals surface area contributed by atoms with Crippen molar-refractivity contribution in [1.29, 1.82) is 0 Å². The molecule has 0 atom stereocenters. The van der Waals surface area contributed by atoms with E-state index in [2.05, 4.69) is 12.3 Å². The average Bonchev–Trinajstić information content (AvgIpc) is 1.65. The lowest BCUT2D eigenvalue weighted by atomic mass is 10.5. The molecule has 3 nitrogen and oxygen atoms in total. The topological polar surface area (TPSA) is 32.3 Å². The van der Waals surface area contributed by atoms with Crippen LogP contribution in [0.25, 0.3) is 0 Å². The van der Waals surface area contributed by atoms with Crippen LogP contribution in [-0.2, 0) is 4.79 Å². The van der Waals surface area contributed by atoms with Gasteiger partial charge in [-0.2, -0.15) is 0 Å². The van der Waals surface area contributed by atoms with Crippen LogP contribution in [0.5, 0.6) is 0 Å². The van der Waals surface area contributed by atoms with Gasteiger partial charge in [-0.15, -0.1) is 0 Å². The van der Waals surface area contributed by atoms with Crippen LogP contribution < -0.4 is 5.43 Å². The first-order valence-electron chi connectivity index (χ1n) is 2.43. The molecule has 0 aromatic heterocycles. The highest BCUT2D eigenvalue weighted by Crippen LogP contribution is 1.73. The van der Waals surface area contributed by atoms with Gasteiger partial charge in [0.2, 0.25) is 5.91 Å². The standard InChI is InChI=1S/C5H11N2O/c1-4-5(8)6-7(2)3/h1,4H2,2-3H3,(H,6,8). The van der Waals surface area contributed by atoms with Gasteiger partial charge in [0.1, 0.15) is 0 Å². The van der Waals surface area contributed by atoms with Crippen molar-refractivity contribution in [3.63, 3.8) is 0 Å². The second kappa shape index (κ2) is 3.43. The van der Waals surface area contributed by atoms with Gasteiger partial charge in [0.15, 0.2) is 0 Å². The largest absolute Gasteiger partial charge is 0.289 e. The van der Waals surface area contributed by atoms with E-state index in [1.54, 1.807) is 19.1 Å². The summed E-state index contributed by atoms with van der Waals surface area (Å²) < 4.78 is 0. The normalized spacial score (nSPS) is 9.50. The van der Waals surface area contributed by atoms with E-state index in [0.717, 1.165) is 0 Å². The fraction of sp³-hybridized carbons (Fsp3) is 0.600. The second-order valence-corrected chi connectivity index (χ2v) is 1.68. The molecular formula is C5H11N2O. The first-order chi connectivity index (χ1) is 3.66. The Morgan fingerprint density at radius 3 is 2.38 bits per heavy atom. The van der Waals surface area contributed by atoms with Crippen molar-refractivity contribution in [2.24, 2.45) is 0 Å². The second-order valence-electron chi connectivity index (χ2n) is 1.68. The molecule has 0 unspecified atom stereocenters. The molecule has 0 rings (SSSR count). The number of carbonyl (C=O) groups excluding carboxylic acids is 1. The summed E-state index contributed by atoms with van der Waals surface area (Å²) in [6.07, 6.45) is 0.290. The molecule has 0 spiro atoms. The third-order valence-electron chi connectivity index (χ3n) is 0.575. The van der Waals surface area contributed by atoms with E-state index in [-0.39, 0.29) is 12.3 Å². The third-order valence-corrected chi connectivity index (χ3v) is 0.575. The van der Waals surface area contributed by atoms with Gasteiger partial charge in [0, 0.05) is 20.5 Å². The maximum atomic E-state index is 10.4. The molecule has 1 N–H and O–H groups in total. The summed E-state index contributed by atoms with van der Waals surface area (Å²) >= 11 is 0. The van der Waals surface area contributed by atoms with Gasteiger partial charge >= 0.3 is 0 Å². The van der Waals surface area contributed by atoms with Crippen molar-refractivity contribution in [3.8, 4) is 0 Å². The van der Waals surface area contributed by atoms with E-state index in [9.17, 15) is 4.79 Å². The minimum atomic E-state index is -0.0602. The number of hydrogen-bond donors (Lipinski definition) is 1. The van der Waals surface area contributed by atoms with Crippen molar-refractivity contribution in [2.75, 3.05) is 14.1 Å². The first kappa shape index (κ1) is 7.43. The van der Waals surface area contributed by atoms with E-state index < -0.39 is 0 Å². The molecule has 47 valence electrons. The molecule has 8 heavy (non-hydrogen) atoms. The molecule has 0 bridgehead atoms. The molecule has 0 saturated carbocycles. The molecule has 0 aliphatic rings. The van der Waals surface area contributed by atoms with Crippen LogP contribution in [0.3, 0.4) is 0 Å². The average molecular weight is 115 g/mol. The summed E-state index contributed by atoms with van der Waals surface area (Å²) in [7, 11) is 3.52. The lowest BCUT2D eigenvalue weighted by Crippen LogP contribution is -2.35. The quantitative estimate of drug-likeness (QED) is 0.506. The molecule has 0 heterocycles. The van der Waals surface area contributed by atoms with Crippen LogP contribution in [0.4, 0.5) is 0 Å². The fourth-order valence-electron chi connectivity index (χ4n) is 0.305. The van der Waals surface area contributed by atoms with Crippen molar-refractivity contribution >= 4 is 5.91 Å². The highest BCUT2D eigenvalue weighted by molar-refractivity contribution is 5.75. The Hall–Kier alpha value is -0.570. The van der Waals surface area contributed by atoms with Gasteiger partial charge in [0.25, 0.3) is 0 Å². The van der Waals surface area contributed by atoms with E-state index >= 15 is 0 Å². The van der Waals surface area contributed by atoms with Gasteiger partial charge in [-0.05, 0) is 6.92 Å². The number of rotatable bonds is 2. The molecule has 3 heteroatoms. The summed E-state index contributed by atoms with van der Waals surface area (Å²) in [5.41, 5.74) is 2.52. The number of carbonyl (C=O) groups is 1. The number of nitrogens with one attached hydrogen (secondary N) is 1. The Bertz CT molecular complexity index is 80.5. The minimum absolute atomic E-state index is 0.0602. The lowest BCUT2D eigenvalue weighted by molar-refractivity contribution is -0.124. The van der Waals surface area contributed by atoms with E-state index in [1.807, 2.05) is 0 Å². The van der Waals surface area contributed by atoms with Crippen LogP contribution in [0.15, 0.2) is 0 Å². The zero-order chi connectivity index (χ0) is 6.57. The Labute approximate surface area is 49.6 Å². The Morgan fingerprint density at radius 2 is 2.25 bits per heavy atom. The maximum absolute atomic E-state index is 10.4.